The highest BCUT2D eigenvalue weighted by Crippen LogP contribution is 2.28. The summed E-state index contributed by atoms with van der Waals surface area (Å²) in [5.74, 6) is -1.37. The van der Waals surface area contributed by atoms with E-state index in [9.17, 15) is 18.4 Å². The first kappa shape index (κ1) is 34.9. The molecule has 0 unspecified atom stereocenters. The Morgan fingerprint density at radius 2 is 1.23 bits per heavy atom. The lowest BCUT2D eigenvalue weighted by Crippen LogP contribution is -2.26. The summed E-state index contributed by atoms with van der Waals surface area (Å²) in [6.45, 7) is 6.85. The smallest absolute Gasteiger partial charge is 0.343 e. The number of hydrogen-bond acceptors (Lipinski definition) is 6. The number of carbonyl (C=O) groups is 2. The maximum atomic E-state index is 13.7. The number of carbonyl (C=O) groups excluding carboxylic acids is 2. The number of alkyl halides is 2. The van der Waals surface area contributed by atoms with Crippen LogP contribution in [0.15, 0.2) is 72.8 Å². The number of esters is 2. The molecule has 44 heavy (non-hydrogen) atoms. The first-order chi connectivity index (χ1) is 21.3. The fourth-order valence-electron chi connectivity index (χ4n) is 4.50. The molecule has 0 aromatic heterocycles. The Morgan fingerprint density at radius 1 is 0.682 bits per heavy atom. The van der Waals surface area contributed by atoms with Gasteiger partial charge in [0.15, 0.2) is 6.10 Å². The van der Waals surface area contributed by atoms with Crippen LogP contribution in [0.5, 0.6) is 11.5 Å². The van der Waals surface area contributed by atoms with Crippen molar-refractivity contribution in [2.24, 2.45) is 0 Å². The van der Waals surface area contributed by atoms with E-state index in [0.717, 1.165) is 56.1 Å². The zero-order valence-electron chi connectivity index (χ0n) is 25.9. The third-order valence-corrected chi connectivity index (χ3v) is 7.24. The third kappa shape index (κ3) is 11.5. The molecule has 3 aromatic rings. The van der Waals surface area contributed by atoms with Gasteiger partial charge in [-0.05, 0) is 72.9 Å². The molecule has 238 valence electrons. The second-order valence-corrected chi connectivity index (χ2v) is 10.8. The fourth-order valence-corrected chi connectivity index (χ4v) is 4.50. The predicted octanol–water partition coefficient (Wildman–Crippen LogP) is 9.02. The second kappa shape index (κ2) is 18.9. The van der Waals surface area contributed by atoms with Crippen molar-refractivity contribution in [2.45, 2.75) is 84.2 Å². The molecule has 3 aromatic carbocycles. The van der Waals surface area contributed by atoms with Gasteiger partial charge in [-0.15, -0.1) is 0 Å². The maximum absolute atomic E-state index is 13.7. The van der Waals surface area contributed by atoms with Gasteiger partial charge in [0.1, 0.15) is 11.5 Å². The van der Waals surface area contributed by atoms with Crippen LogP contribution in [0.2, 0.25) is 0 Å². The van der Waals surface area contributed by atoms with Crippen molar-refractivity contribution in [1.29, 1.82) is 0 Å². The van der Waals surface area contributed by atoms with Crippen LogP contribution in [0.3, 0.4) is 0 Å². The van der Waals surface area contributed by atoms with Gasteiger partial charge in [0.2, 0.25) is 6.43 Å². The normalized spacial score (nSPS) is 12.6. The Labute approximate surface area is 259 Å². The summed E-state index contributed by atoms with van der Waals surface area (Å²) in [5.41, 5.74) is 2.54. The van der Waals surface area contributed by atoms with Crippen molar-refractivity contribution in [3.63, 3.8) is 0 Å². The lowest BCUT2D eigenvalue weighted by Gasteiger charge is -2.17. The van der Waals surface area contributed by atoms with Gasteiger partial charge < -0.3 is 18.9 Å². The highest BCUT2D eigenvalue weighted by Gasteiger charge is 2.23. The Bertz CT molecular complexity index is 1260. The molecule has 0 saturated heterocycles. The third-order valence-electron chi connectivity index (χ3n) is 7.24. The van der Waals surface area contributed by atoms with Crippen LogP contribution in [-0.2, 0) is 14.3 Å². The molecule has 0 N–H and O–H groups in total. The van der Waals surface area contributed by atoms with Crippen LogP contribution < -0.4 is 9.47 Å². The second-order valence-electron chi connectivity index (χ2n) is 10.8. The Hall–Kier alpha value is -3.62. The number of benzene rings is 3. The molecule has 0 fully saturated rings. The van der Waals surface area contributed by atoms with Crippen LogP contribution in [0.4, 0.5) is 8.78 Å². The number of unbranched alkanes of at least 4 members (excludes halogenated alkanes) is 5. The van der Waals surface area contributed by atoms with Crippen molar-refractivity contribution in [1.82, 2.24) is 0 Å². The Morgan fingerprint density at radius 3 is 1.84 bits per heavy atom. The molecule has 2 atom stereocenters. The molecule has 0 aliphatic rings. The molecule has 0 radical (unpaired) electrons. The quantitative estimate of drug-likeness (QED) is 0.0766. The summed E-state index contributed by atoms with van der Waals surface area (Å²) in [5, 5.41) is 0. The molecular formula is C36H44F2O6. The molecule has 3 rings (SSSR count). The van der Waals surface area contributed by atoms with Gasteiger partial charge in [0, 0.05) is 13.2 Å². The first-order valence-electron chi connectivity index (χ1n) is 15.5. The van der Waals surface area contributed by atoms with Crippen molar-refractivity contribution in [3.05, 3.63) is 83.9 Å². The average molecular weight is 611 g/mol. The van der Waals surface area contributed by atoms with E-state index in [0.29, 0.717) is 35.8 Å². The van der Waals surface area contributed by atoms with Crippen LogP contribution >= 0.6 is 0 Å². The molecule has 0 bridgehead atoms. The van der Waals surface area contributed by atoms with E-state index in [2.05, 4.69) is 13.8 Å². The fraction of sp³-hybridized carbons (Fsp3) is 0.444. The average Bonchev–Trinajstić information content (AvgIpc) is 3.03. The molecule has 0 spiro atoms. The SMILES string of the molecule is CCCCCCOC[C@@H](c1ccc(-c2ccc(OC(=O)c3ccc(OC(=O)[C@@H](C)OCCCCC)cc3)cc2)cc1)C(F)F. The summed E-state index contributed by atoms with van der Waals surface area (Å²) in [6.07, 6.45) is 3.97. The highest BCUT2D eigenvalue weighted by atomic mass is 19.3. The van der Waals surface area contributed by atoms with Crippen molar-refractivity contribution in [2.75, 3.05) is 19.8 Å². The summed E-state index contributed by atoms with van der Waals surface area (Å²) in [6, 6.07) is 20.1. The summed E-state index contributed by atoms with van der Waals surface area (Å²) < 4.78 is 49.3. The van der Waals surface area contributed by atoms with Crippen molar-refractivity contribution in [3.8, 4) is 22.6 Å². The summed E-state index contributed by atoms with van der Waals surface area (Å²) in [7, 11) is 0. The molecule has 0 saturated carbocycles. The van der Waals surface area contributed by atoms with E-state index in [1.165, 1.54) is 24.3 Å². The van der Waals surface area contributed by atoms with Gasteiger partial charge in [0.25, 0.3) is 0 Å². The van der Waals surface area contributed by atoms with E-state index >= 15 is 0 Å². The van der Waals surface area contributed by atoms with Gasteiger partial charge in [-0.1, -0.05) is 82.3 Å². The van der Waals surface area contributed by atoms with Gasteiger partial charge in [-0.2, -0.15) is 0 Å². The van der Waals surface area contributed by atoms with Crippen LogP contribution in [0.1, 0.15) is 87.6 Å². The minimum absolute atomic E-state index is 0.00949. The van der Waals surface area contributed by atoms with Gasteiger partial charge in [-0.25, -0.2) is 18.4 Å². The summed E-state index contributed by atoms with van der Waals surface area (Å²) in [4.78, 5) is 24.9. The molecule has 6 nitrogen and oxygen atoms in total. The molecule has 0 aliphatic heterocycles. The zero-order chi connectivity index (χ0) is 31.7. The Kier molecular flexibility index (Phi) is 15.0. The molecule has 0 aliphatic carbocycles. The van der Waals surface area contributed by atoms with Crippen molar-refractivity contribution >= 4 is 11.9 Å². The highest BCUT2D eigenvalue weighted by molar-refractivity contribution is 5.91. The van der Waals surface area contributed by atoms with Crippen molar-refractivity contribution < 1.29 is 37.3 Å². The van der Waals surface area contributed by atoms with E-state index < -0.39 is 30.4 Å². The van der Waals surface area contributed by atoms with Gasteiger partial charge >= 0.3 is 11.9 Å². The Balaban J connectivity index is 1.51. The minimum Gasteiger partial charge on any atom is -0.425 e. The monoisotopic (exact) mass is 610 g/mol. The number of ether oxygens (including phenoxy) is 4. The van der Waals surface area contributed by atoms with Crippen LogP contribution in [0, 0.1) is 0 Å². The number of rotatable bonds is 19. The van der Waals surface area contributed by atoms with E-state index in [4.69, 9.17) is 18.9 Å². The topological polar surface area (TPSA) is 71.1 Å². The molecular weight excluding hydrogens is 566 g/mol. The van der Waals surface area contributed by atoms with E-state index in [1.807, 2.05) is 0 Å². The minimum atomic E-state index is -2.51. The largest absolute Gasteiger partial charge is 0.425 e. The number of halogens is 2. The molecule has 8 heteroatoms. The molecule has 0 amide bonds. The first-order valence-corrected chi connectivity index (χ1v) is 15.5. The molecule has 0 heterocycles. The standard InChI is InChI=1S/C36H44F2O6/c1-4-6-8-10-23-41-25-33(34(37)38)29-13-11-27(12-14-29)28-15-19-32(20-16-28)44-36(40)30-17-21-31(22-18-30)43-35(39)26(3)42-24-9-7-5-2/h11-22,26,33-34H,4-10,23-25H2,1-3H3/t26-,33+/m1/s1. The van der Waals surface area contributed by atoms with E-state index in [1.54, 1.807) is 55.5 Å². The van der Waals surface area contributed by atoms with Gasteiger partial charge in [0.05, 0.1) is 18.1 Å². The van der Waals surface area contributed by atoms with Crippen LogP contribution in [0.25, 0.3) is 11.1 Å². The predicted molar refractivity (Wildman–Crippen MR) is 168 cm³/mol. The lowest BCUT2D eigenvalue weighted by atomic mass is 9.97. The number of hydrogen-bond donors (Lipinski definition) is 0. The summed E-state index contributed by atoms with van der Waals surface area (Å²) >= 11 is 0. The lowest BCUT2D eigenvalue weighted by molar-refractivity contribution is -0.146. The van der Waals surface area contributed by atoms with E-state index in [-0.39, 0.29) is 6.61 Å². The maximum Gasteiger partial charge on any atom is 0.343 e. The van der Waals surface area contributed by atoms with Crippen LogP contribution in [-0.4, -0.2) is 44.3 Å². The zero-order valence-corrected chi connectivity index (χ0v) is 25.9. The van der Waals surface area contributed by atoms with Gasteiger partial charge in [-0.3, -0.25) is 0 Å².